The van der Waals surface area contributed by atoms with Crippen molar-refractivity contribution in [1.29, 1.82) is 0 Å². The van der Waals surface area contributed by atoms with Gasteiger partial charge in [0.2, 0.25) is 0 Å². The standard InChI is InChI=1S/C17H17N3O3/c1-10(2)20-15-14(16(21)19-17(20)22)13(8-9-18-15)11-4-6-12(23-3)7-5-11/h4-10H,1-3H3,(H,19,21,22)/p+1. The van der Waals surface area contributed by atoms with Crippen LogP contribution in [0.5, 0.6) is 5.75 Å². The Kier molecular flexibility index (Phi) is 3.73. The molecule has 3 aromatic rings. The largest absolute Gasteiger partial charge is 0.497 e. The topological polar surface area (TPSA) is 78.2 Å². The molecule has 0 unspecified atom stereocenters. The van der Waals surface area contributed by atoms with Gasteiger partial charge in [0.15, 0.2) is 0 Å². The van der Waals surface area contributed by atoms with E-state index in [9.17, 15) is 9.59 Å². The van der Waals surface area contributed by atoms with Crippen LogP contribution in [0.25, 0.3) is 22.2 Å². The van der Waals surface area contributed by atoms with Crippen molar-refractivity contribution >= 4 is 11.0 Å². The van der Waals surface area contributed by atoms with Crippen LogP contribution in [-0.4, -0.2) is 16.7 Å². The van der Waals surface area contributed by atoms with Gasteiger partial charge in [0, 0.05) is 5.56 Å². The Morgan fingerprint density at radius 1 is 1.13 bits per heavy atom. The molecule has 2 aromatic heterocycles. The van der Waals surface area contributed by atoms with Crippen LogP contribution in [0, 0.1) is 0 Å². The highest BCUT2D eigenvalue weighted by Crippen LogP contribution is 2.25. The van der Waals surface area contributed by atoms with Crippen LogP contribution < -0.4 is 21.0 Å². The Bertz CT molecular complexity index is 969. The van der Waals surface area contributed by atoms with Gasteiger partial charge in [-0.05, 0) is 37.6 Å². The maximum Gasteiger partial charge on any atom is 0.416 e. The summed E-state index contributed by atoms with van der Waals surface area (Å²) >= 11 is 0. The molecule has 0 spiro atoms. The summed E-state index contributed by atoms with van der Waals surface area (Å²) in [5.74, 6) is 0.744. The van der Waals surface area contributed by atoms with E-state index in [1.807, 2.05) is 44.2 Å². The molecule has 0 amide bonds. The molecule has 0 aliphatic rings. The molecule has 118 valence electrons. The van der Waals surface area contributed by atoms with Crippen molar-refractivity contribution in [3.05, 3.63) is 57.4 Å². The van der Waals surface area contributed by atoms with E-state index < -0.39 is 11.2 Å². The number of fused-ring (bicyclic) bond motifs is 1. The number of hydrogen-bond donors (Lipinski definition) is 1. The molecule has 0 bridgehead atoms. The SMILES string of the molecule is COc1ccc(-c2cc[nH+]c3c2c(=O)[nH]c(=O)n3C(C)C)cc1. The highest BCUT2D eigenvalue weighted by atomic mass is 16.5. The predicted octanol–water partition coefficient (Wildman–Crippen LogP) is 1.76. The second-order valence-corrected chi connectivity index (χ2v) is 5.57. The summed E-state index contributed by atoms with van der Waals surface area (Å²) in [5, 5.41) is 0.464. The van der Waals surface area contributed by atoms with E-state index in [0.717, 1.165) is 16.9 Å². The number of aromatic amines is 2. The zero-order valence-electron chi connectivity index (χ0n) is 13.2. The summed E-state index contributed by atoms with van der Waals surface area (Å²) < 4.78 is 6.71. The minimum atomic E-state index is -0.416. The average molecular weight is 312 g/mol. The van der Waals surface area contributed by atoms with Gasteiger partial charge in [0.1, 0.15) is 17.2 Å². The van der Waals surface area contributed by atoms with Crippen LogP contribution in [0.4, 0.5) is 0 Å². The normalized spacial score (nSPS) is 11.1. The van der Waals surface area contributed by atoms with Gasteiger partial charge in [0.05, 0.1) is 13.3 Å². The fourth-order valence-corrected chi connectivity index (χ4v) is 2.73. The molecule has 0 aliphatic heterocycles. The molecule has 23 heavy (non-hydrogen) atoms. The Hall–Kier alpha value is -2.89. The third kappa shape index (κ3) is 2.52. The highest BCUT2D eigenvalue weighted by molar-refractivity contribution is 5.90. The molecule has 0 saturated carbocycles. The van der Waals surface area contributed by atoms with Crippen LogP contribution in [0.1, 0.15) is 19.9 Å². The Balaban J connectivity index is 2.36. The van der Waals surface area contributed by atoms with Gasteiger partial charge in [0.25, 0.3) is 11.2 Å². The quantitative estimate of drug-likeness (QED) is 0.800. The van der Waals surface area contributed by atoms with Gasteiger partial charge >= 0.3 is 5.69 Å². The van der Waals surface area contributed by atoms with Crippen LogP contribution in [0.15, 0.2) is 46.1 Å². The lowest BCUT2D eigenvalue weighted by Crippen LogP contribution is -2.34. The first kappa shape index (κ1) is 15.0. The zero-order chi connectivity index (χ0) is 16.6. The third-order valence-corrected chi connectivity index (χ3v) is 3.80. The molecule has 0 radical (unpaired) electrons. The molecule has 2 heterocycles. The molecule has 0 aliphatic carbocycles. The lowest BCUT2D eigenvalue weighted by molar-refractivity contribution is -0.350. The molecule has 0 saturated heterocycles. The maximum absolute atomic E-state index is 12.4. The van der Waals surface area contributed by atoms with E-state index in [1.165, 1.54) is 0 Å². The van der Waals surface area contributed by atoms with Crippen LogP contribution >= 0.6 is 0 Å². The summed E-state index contributed by atoms with van der Waals surface area (Å²) in [6, 6.07) is 9.20. The first-order valence-corrected chi connectivity index (χ1v) is 7.36. The molecular weight excluding hydrogens is 294 g/mol. The Morgan fingerprint density at radius 3 is 2.43 bits per heavy atom. The van der Waals surface area contributed by atoms with E-state index in [2.05, 4.69) is 9.97 Å². The average Bonchev–Trinajstić information content (AvgIpc) is 2.54. The van der Waals surface area contributed by atoms with Gasteiger partial charge < -0.3 is 4.74 Å². The second-order valence-electron chi connectivity index (χ2n) is 5.57. The molecule has 1 aromatic carbocycles. The van der Waals surface area contributed by atoms with Gasteiger partial charge in [-0.25, -0.2) is 9.78 Å². The Labute approximate surface area is 132 Å². The number of H-pyrrole nitrogens is 2. The van der Waals surface area contributed by atoms with Crippen molar-refractivity contribution in [2.24, 2.45) is 0 Å². The van der Waals surface area contributed by atoms with Crippen molar-refractivity contribution in [3.63, 3.8) is 0 Å². The number of aromatic nitrogens is 3. The molecule has 3 rings (SSSR count). The summed E-state index contributed by atoms with van der Waals surface area (Å²) in [5.41, 5.74) is 1.34. The van der Waals surface area contributed by atoms with Crippen LogP contribution in [0.2, 0.25) is 0 Å². The molecule has 2 N–H and O–H groups in total. The number of benzene rings is 1. The van der Waals surface area contributed by atoms with Gasteiger partial charge in [-0.15, -0.1) is 0 Å². The number of hydrogen-bond acceptors (Lipinski definition) is 3. The predicted molar refractivity (Wildman–Crippen MR) is 87.8 cm³/mol. The summed E-state index contributed by atoms with van der Waals surface area (Å²) in [6.07, 6.45) is 1.74. The fourth-order valence-electron chi connectivity index (χ4n) is 2.73. The van der Waals surface area contributed by atoms with E-state index >= 15 is 0 Å². The molecule has 0 fully saturated rings. The smallest absolute Gasteiger partial charge is 0.416 e. The molecule has 6 nitrogen and oxygen atoms in total. The van der Waals surface area contributed by atoms with E-state index in [0.29, 0.717) is 11.0 Å². The fraction of sp³-hybridized carbons (Fsp3) is 0.235. The molecule has 6 heteroatoms. The second kappa shape index (κ2) is 5.72. The van der Waals surface area contributed by atoms with E-state index in [-0.39, 0.29) is 6.04 Å². The van der Waals surface area contributed by atoms with Crippen molar-refractivity contribution in [2.45, 2.75) is 19.9 Å². The minimum absolute atomic E-state index is 0.0794. The number of nitrogens with one attached hydrogen (secondary N) is 2. The number of methoxy groups -OCH3 is 1. The highest BCUT2D eigenvalue weighted by Gasteiger charge is 2.21. The van der Waals surface area contributed by atoms with Gasteiger partial charge in [-0.2, -0.15) is 4.57 Å². The first-order valence-electron chi connectivity index (χ1n) is 7.36. The third-order valence-electron chi connectivity index (χ3n) is 3.80. The lowest BCUT2D eigenvalue weighted by Gasteiger charge is -2.08. The van der Waals surface area contributed by atoms with Gasteiger partial charge in [-0.3, -0.25) is 9.78 Å². The molecular formula is C17H18N3O3+. The van der Waals surface area contributed by atoms with Crippen molar-refractivity contribution in [1.82, 2.24) is 9.55 Å². The number of nitrogens with zero attached hydrogens (tertiary/aromatic N) is 1. The van der Waals surface area contributed by atoms with Gasteiger partial charge in [-0.1, -0.05) is 12.1 Å². The zero-order valence-corrected chi connectivity index (χ0v) is 13.2. The van der Waals surface area contributed by atoms with Crippen molar-refractivity contribution < 1.29 is 9.72 Å². The van der Waals surface area contributed by atoms with Crippen molar-refractivity contribution in [2.75, 3.05) is 7.11 Å². The minimum Gasteiger partial charge on any atom is -0.497 e. The van der Waals surface area contributed by atoms with E-state index in [1.54, 1.807) is 17.9 Å². The van der Waals surface area contributed by atoms with Crippen LogP contribution in [0.3, 0.4) is 0 Å². The number of ether oxygens (including phenoxy) is 1. The van der Waals surface area contributed by atoms with Crippen LogP contribution in [-0.2, 0) is 0 Å². The number of rotatable bonds is 3. The summed E-state index contributed by atoms with van der Waals surface area (Å²) in [4.78, 5) is 29.9. The Morgan fingerprint density at radius 2 is 1.83 bits per heavy atom. The summed E-state index contributed by atoms with van der Waals surface area (Å²) in [6.45, 7) is 3.79. The summed E-state index contributed by atoms with van der Waals surface area (Å²) in [7, 11) is 1.61. The van der Waals surface area contributed by atoms with Crippen molar-refractivity contribution in [3.8, 4) is 16.9 Å². The number of pyridine rings is 1. The first-order chi connectivity index (χ1) is 11.0. The lowest BCUT2D eigenvalue weighted by atomic mass is 10.0. The monoisotopic (exact) mass is 312 g/mol. The molecule has 0 atom stereocenters. The maximum atomic E-state index is 12.4. The van der Waals surface area contributed by atoms with E-state index in [4.69, 9.17) is 4.74 Å².